The Bertz CT molecular complexity index is 913. The van der Waals surface area contributed by atoms with Crippen molar-refractivity contribution in [1.82, 2.24) is 0 Å². The third-order valence-corrected chi connectivity index (χ3v) is 4.31. The minimum Gasteiger partial charge on any atom is -0.507 e. The second-order valence-corrected chi connectivity index (χ2v) is 6.47. The zero-order chi connectivity index (χ0) is 17.2. The molecule has 2 rings (SSSR count). The maximum Gasteiger partial charge on any atom is 0.296 e. The van der Waals surface area contributed by atoms with Crippen molar-refractivity contribution >= 4 is 51.0 Å². The summed E-state index contributed by atoms with van der Waals surface area (Å²) < 4.78 is 31.2. The highest BCUT2D eigenvalue weighted by atomic mass is 35.5. The minimum atomic E-state index is -4.51. The van der Waals surface area contributed by atoms with Gasteiger partial charge in [0.25, 0.3) is 10.1 Å². The smallest absolute Gasteiger partial charge is 0.296 e. The van der Waals surface area contributed by atoms with E-state index in [4.69, 9.17) is 27.8 Å². The van der Waals surface area contributed by atoms with E-state index >= 15 is 0 Å². The Hall–Kier alpha value is -2.00. The second-order valence-electron chi connectivity index (χ2n) is 4.27. The molecule has 10 heteroatoms. The summed E-state index contributed by atoms with van der Waals surface area (Å²) in [6.45, 7) is 0. The highest BCUT2D eigenvalue weighted by Gasteiger charge is 2.17. The van der Waals surface area contributed by atoms with Gasteiger partial charge >= 0.3 is 0 Å². The third kappa shape index (κ3) is 4.05. The molecule has 0 spiro atoms. The van der Waals surface area contributed by atoms with Crippen LogP contribution in [0.15, 0.2) is 45.5 Å². The molecule has 23 heavy (non-hydrogen) atoms. The van der Waals surface area contributed by atoms with Crippen molar-refractivity contribution in [3.8, 4) is 5.75 Å². The highest BCUT2D eigenvalue weighted by Crippen LogP contribution is 2.34. The van der Waals surface area contributed by atoms with Crippen LogP contribution >= 0.6 is 23.2 Å². The molecule has 0 aliphatic rings. The molecule has 0 aliphatic heterocycles. The largest absolute Gasteiger partial charge is 0.507 e. The molecule has 0 unspecified atom stereocenters. The summed E-state index contributed by atoms with van der Waals surface area (Å²) in [6.07, 6.45) is 0.457. The maximum atomic E-state index is 11.1. The van der Waals surface area contributed by atoms with E-state index < -0.39 is 15.0 Å². The molecule has 0 bridgehead atoms. The third-order valence-electron chi connectivity index (χ3n) is 2.69. The number of carbonyl (C=O) groups excluding carboxylic acids is 1. The van der Waals surface area contributed by atoms with Gasteiger partial charge in [-0.15, -0.1) is 5.11 Å². The second kappa shape index (κ2) is 6.63. The van der Waals surface area contributed by atoms with E-state index in [1.807, 2.05) is 0 Å². The predicted molar refractivity (Wildman–Crippen MR) is 83.9 cm³/mol. The molecule has 0 fully saturated rings. The minimum absolute atomic E-state index is 0.0345. The first-order valence-electron chi connectivity index (χ1n) is 5.89. The number of hydrogen-bond donors (Lipinski definition) is 2. The van der Waals surface area contributed by atoms with Crippen LogP contribution in [0.5, 0.6) is 5.75 Å². The number of rotatable bonds is 4. The molecular formula is C13H8Cl2N2O5S. The van der Waals surface area contributed by atoms with E-state index in [0.29, 0.717) is 6.29 Å². The van der Waals surface area contributed by atoms with Gasteiger partial charge in [-0.3, -0.25) is 9.35 Å². The monoisotopic (exact) mass is 374 g/mol. The lowest BCUT2D eigenvalue weighted by atomic mass is 10.2. The van der Waals surface area contributed by atoms with Crippen molar-refractivity contribution in [3.63, 3.8) is 0 Å². The number of phenols is 1. The van der Waals surface area contributed by atoms with E-state index in [-0.39, 0.29) is 32.7 Å². The Morgan fingerprint density at radius 3 is 2.35 bits per heavy atom. The zero-order valence-electron chi connectivity index (χ0n) is 11.1. The molecule has 7 nitrogen and oxygen atoms in total. The Balaban J connectivity index is 2.41. The number of nitrogens with zero attached hydrogens (tertiary/aromatic N) is 2. The van der Waals surface area contributed by atoms with Gasteiger partial charge in [-0.05, 0) is 30.3 Å². The summed E-state index contributed by atoms with van der Waals surface area (Å²) in [5, 5.41) is 16.6. The number of halogens is 2. The SMILES string of the molecule is O=Cc1cc(N=Nc2cc(Cl)c(S(=O)(=O)O)cc2Cl)ccc1O. The van der Waals surface area contributed by atoms with Crippen LogP contribution in [0.2, 0.25) is 10.0 Å². The number of azo groups is 1. The first kappa shape index (κ1) is 17.4. The van der Waals surface area contributed by atoms with Crippen LogP contribution in [0.4, 0.5) is 11.4 Å². The number of hydrogen-bond acceptors (Lipinski definition) is 6. The van der Waals surface area contributed by atoms with Crippen molar-refractivity contribution in [3.05, 3.63) is 45.9 Å². The highest BCUT2D eigenvalue weighted by molar-refractivity contribution is 7.86. The standard InChI is InChI=1S/C13H8Cl2N2O5S/c14-9-5-13(23(20,21)22)10(15)4-11(9)17-16-8-1-2-12(19)7(3-8)6-18/h1-6,19H,(H,20,21,22). The molecule has 0 aliphatic carbocycles. The van der Waals surface area contributed by atoms with Gasteiger partial charge in [0.2, 0.25) is 0 Å². The van der Waals surface area contributed by atoms with Crippen LogP contribution in [0.25, 0.3) is 0 Å². The van der Waals surface area contributed by atoms with Gasteiger partial charge in [-0.25, -0.2) is 0 Å². The van der Waals surface area contributed by atoms with Crippen molar-refractivity contribution < 1.29 is 22.9 Å². The summed E-state index contributed by atoms with van der Waals surface area (Å²) in [7, 11) is -4.51. The van der Waals surface area contributed by atoms with E-state index in [1.165, 1.54) is 18.2 Å². The van der Waals surface area contributed by atoms with E-state index in [1.54, 1.807) is 0 Å². The van der Waals surface area contributed by atoms with Crippen LogP contribution in [0.3, 0.4) is 0 Å². The van der Waals surface area contributed by atoms with E-state index in [2.05, 4.69) is 10.2 Å². The number of carbonyl (C=O) groups is 1. The Morgan fingerprint density at radius 1 is 1.04 bits per heavy atom. The predicted octanol–water partition coefficient (Wildman–Crippen LogP) is 4.17. The molecule has 2 aromatic rings. The zero-order valence-corrected chi connectivity index (χ0v) is 13.5. The molecule has 0 aromatic heterocycles. The molecule has 0 saturated carbocycles. The molecule has 0 heterocycles. The van der Waals surface area contributed by atoms with Gasteiger partial charge in [-0.2, -0.15) is 13.5 Å². The molecule has 2 aromatic carbocycles. The first-order chi connectivity index (χ1) is 10.7. The molecule has 0 amide bonds. The molecule has 2 N–H and O–H groups in total. The topological polar surface area (TPSA) is 116 Å². The molecule has 0 saturated heterocycles. The number of benzene rings is 2. The Labute approximate surface area is 140 Å². The molecule has 0 atom stereocenters. The molecule has 0 radical (unpaired) electrons. The summed E-state index contributed by atoms with van der Waals surface area (Å²) in [5.74, 6) is -0.197. The van der Waals surface area contributed by atoms with Gasteiger partial charge in [-0.1, -0.05) is 23.2 Å². The lowest BCUT2D eigenvalue weighted by molar-refractivity contribution is 0.112. The molecule has 120 valence electrons. The van der Waals surface area contributed by atoms with E-state index in [9.17, 15) is 18.3 Å². The van der Waals surface area contributed by atoms with Gasteiger partial charge in [0.15, 0.2) is 6.29 Å². The van der Waals surface area contributed by atoms with Crippen molar-refractivity contribution in [1.29, 1.82) is 0 Å². The van der Waals surface area contributed by atoms with Crippen molar-refractivity contribution in [2.75, 3.05) is 0 Å². The fourth-order valence-corrected chi connectivity index (χ4v) is 2.89. The number of aldehydes is 1. The Morgan fingerprint density at radius 2 is 1.74 bits per heavy atom. The number of phenolic OH excluding ortho intramolecular Hbond substituents is 1. The van der Waals surface area contributed by atoms with Crippen LogP contribution in [0.1, 0.15) is 10.4 Å². The van der Waals surface area contributed by atoms with Gasteiger partial charge < -0.3 is 5.11 Å². The van der Waals surface area contributed by atoms with Gasteiger partial charge in [0.05, 0.1) is 21.3 Å². The summed E-state index contributed by atoms with van der Waals surface area (Å²) >= 11 is 11.6. The normalized spacial score (nSPS) is 11.8. The maximum absolute atomic E-state index is 11.1. The quantitative estimate of drug-likeness (QED) is 0.473. The lowest BCUT2D eigenvalue weighted by Crippen LogP contribution is -1.98. The van der Waals surface area contributed by atoms with Gasteiger partial charge in [0.1, 0.15) is 16.3 Å². The summed E-state index contributed by atoms with van der Waals surface area (Å²) in [4.78, 5) is 10.2. The first-order valence-corrected chi connectivity index (χ1v) is 8.08. The van der Waals surface area contributed by atoms with Crippen molar-refractivity contribution in [2.45, 2.75) is 4.90 Å². The fourth-order valence-electron chi connectivity index (χ4n) is 1.60. The summed E-state index contributed by atoms with van der Waals surface area (Å²) in [6, 6.07) is 6.05. The van der Waals surface area contributed by atoms with Crippen LogP contribution in [0, 0.1) is 0 Å². The van der Waals surface area contributed by atoms with Gasteiger partial charge in [0, 0.05) is 0 Å². The van der Waals surface area contributed by atoms with Crippen LogP contribution in [-0.2, 0) is 10.1 Å². The lowest BCUT2D eigenvalue weighted by Gasteiger charge is -2.04. The van der Waals surface area contributed by atoms with Crippen LogP contribution < -0.4 is 0 Å². The average Bonchev–Trinajstić information content (AvgIpc) is 2.48. The molecular weight excluding hydrogens is 367 g/mol. The van der Waals surface area contributed by atoms with Crippen molar-refractivity contribution in [2.24, 2.45) is 10.2 Å². The van der Waals surface area contributed by atoms with Crippen LogP contribution in [-0.4, -0.2) is 24.4 Å². The summed E-state index contributed by atoms with van der Waals surface area (Å²) in [5.41, 5.74) is 0.355. The van der Waals surface area contributed by atoms with E-state index in [0.717, 1.165) is 12.1 Å². The average molecular weight is 375 g/mol. The fraction of sp³-hybridized carbons (Fsp3) is 0. The number of aromatic hydroxyl groups is 1. The Kier molecular flexibility index (Phi) is 5.00.